The normalized spacial score (nSPS) is 17.3. The highest BCUT2D eigenvalue weighted by atomic mass is 127. The van der Waals surface area contributed by atoms with E-state index in [2.05, 4.69) is 17.2 Å². The molecule has 1 rings (SSSR count). The first-order valence-electron chi connectivity index (χ1n) is 6.08. The van der Waals surface area contributed by atoms with Crippen LogP contribution in [0.15, 0.2) is 4.99 Å². The van der Waals surface area contributed by atoms with Crippen LogP contribution in [0.4, 0.5) is 8.78 Å². The van der Waals surface area contributed by atoms with E-state index in [0.717, 1.165) is 25.9 Å². The van der Waals surface area contributed by atoms with Gasteiger partial charge in [0.2, 0.25) is 5.91 Å². The third-order valence-electron chi connectivity index (χ3n) is 2.95. The smallest absolute Gasteiger partial charge is 0.255 e. The predicted molar refractivity (Wildman–Crippen MR) is 80.9 cm³/mol. The van der Waals surface area contributed by atoms with Crippen LogP contribution in [0.2, 0.25) is 0 Å². The fourth-order valence-electron chi connectivity index (χ4n) is 1.74. The maximum Gasteiger partial charge on any atom is 0.255 e. The molecule has 0 aliphatic carbocycles. The van der Waals surface area contributed by atoms with E-state index in [1.54, 1.807) is 0 Å². The van der Waals surface area contributed by atoms with E-state index >= 15 is 0 Å². The van der Waals surface area contributed by atoms with Crippen LogP contribution < -0.4 is 11.1 Å². The highest BCUT2D eigenvalue weighted by Gasteiger charge is 2.17. The first kappa shape index (κ1) is 18.3. The number of alkyl halides is 2. The Morgan fingerprint density at radius 1 is 1.47 bits per heavy atom. The van der Waals surface area contributed by atoms with Crippen molar-refractivity contribution in [2.75, 3.05) is 26.2 Å². The molecule has 112 valence electrons. The summed E-state index contributed by atoms with van der Waals surface area (Å²) in [5.41, 5.74) is 5.75. The van der Waals surface area contributed by atoms with Gasteiger partial charge < -0.3 is 16.0 Å². The number of hydrogen-bond acceptors (Lipinski definition) is 2. The van der Waals surface area contributed by atoms with Gasteiger partial charge >= 0.3 is 0 Å². The summed E-state index contributed by atoms with van der Waals surface area (Å²) in [6, 6.07) is 0. The van der Waals surface area contributed by atoms with Crippen molar-refractivity contribution in [2.45, 2.75) is 26.2 Å². The summed E-state index contributed by atoms with van der Waals surface area (Å²) in [5, 5.41) is 2.08. The third kappa shape index (κ3) is 7.48. The van der Waals surface area contributed by atoms with Crippen molar-refractivity contribution < 1.29 is 13.6 Å². The number of halogens is 3. The highest BCUT2D eigenvalue weighted by molar-refractivity contribution is 14.0. The number of rotatable bonds is 4. The van der Waals surface area contributed by atoms with Crippen LogP contribution in [0.5, 0.6) is 0 Å². The second kappa shape index (κ2) is 9.27. The van der Waals surface area contributed by atoms with Crippen molar-refractivity contribution >= 4 is 35.8 Å². The van der Waals surface area contributed by atoms with Gasteiger partial charge in [-0.1, -0.05) is 6.92 Å². The van der Waals surface area contributed by atoms with Crippen LogP contribution in [0.3, 0.4) is 0 Å². The lowest BCUT2D eigenvalue weighted by Crippen LogP contribution is -2.43. The molecule has 0 atom stereocenters. The van der Waals surface area contributed by atoms with E-state index in [4.69, 9.17) is 5.73 Å². The summed E-state index contributed by atoms with van der Waals surface area (Å²) >= 11 is 0. The molecule has 1 saturated heterocycles. The zero-order chi connectivity index (χ0) is 13.5. The van der Waals surface area contributed by atoms with Crippen LogP contribution in [0, 0.1) is 5.92 Å². The van der Waals surface area contributed by atoms with Crippen LogP contribution in [-0.4, -0.2) is 49.4 Å². The van der Waals surface area contributed by atoms with Crippen molar-refractivity contribution in [1.29, 1.82) is 0 Å². The van der Waals surface area contributed by atoms with Crippen molar-refractivity contribution in [3.05, 3.63) is 0 Å². The van der Waals surface area contributed by atoms with Gasteiger partial charge in [-0.15, -0.1) is 24.0 Å². The topological polar surface area (TPSA) is 70.7 Å². The number of nitrogens with one attached hydrogen (secondary N) is 1. The number of nitrogens with two attached hydrogens (primary N) is 1. The van der Waals surface area contributed by atoms with E-state index in [9.17, 15) is 13.6 Å². The fraction of sp³-hybridized carbons (Fsp3) is 0.818. The molecule has 0 aromatic heterocycles. The minimum Gasteiger partial charge on any atom is -0.370 e. The van der Waals surface area contributed by atoms with E-state index < -0.39 is 18.9 Å². The van der Waals surface area contributed by atoms with Crippen LogP contribution >= 0.6 is 24.0 Å². The highest BCUT2D eigenvalue weighted by Crippen LogP contribution is 2.15. The number of carbonyl (C=O) groups excluding carboxylic acids is 1. The minimum absolute atomic E-state index is 0. The maximum absolute atomic E-state index is 11.8. The third-order valence-corrected chi connectivity index (χ3v) is 2.95. The lowest BCUT2D eigenvalue weighted by Gasteiger charge is -2.30. The monoisotopic (exact) mass is 390 g/mol. The number of piperidine rings is 1. The first-order valence-corrected chi connectivity index (χ1v) is 6.08. The average Bonchev–Trinajstić information content (AvgIpc) is 2.34. The van der Waals surface area contributed by atoms with E-state index in [1.807, 2.05) is 4.90 Å². The molecule has 19 heavy (non-hydrogen) atoms. The van der Waals surface area contributed by atoms with E-state index in [-0.39, 0.29) is 30.5 Å². The number of hydrogen-bond donors (Lipinski definition) is 2. The zero-order valence-electron chi connectivity index (χ0n) is 10.9. The summed E-state index contributed by atoms with van der Waals surface area (Å²) in [6.45, 7) is 2.99. The molecular formula is C11H21F2IN4O. The van der Waals surface area contributed by atoms with Gasteiger partial charge in [-0.25, -0.2) is 13.8 Å². The van der Waals surface area contributed by atoms with Gasteiger partial charge in [0, 0.05) is 13.1 Å². The van der Waals surface area contributed by atoms with Gasteiger partial charge in [-0.3, -0.25) is 4.79 Å². The molecule has 1 amide bonds. The molecule has 0 aromatic rings. The number of nitrogens with zero attached hydrogens (tertiary/aromatic N) is 2. The van der Waals surface area contributed by atoms with Gasteiger partial charge in [0.05, 0.1) is 6.54 Å². The second-order valence-corrected chi connectivity index (χ2v) is 4.54. The van der Waals surface area contributed by atoms with E-state index in [0.29, 0.717) is 11.9 Å². The molecule has 1 heterocycles. The van der Waals surface area contributed by atoms with Gasteiger partial charge in [0.25, 0.3) is 6.43 Å². The standard InChI is InChI=1S/C11H20F2N4O.HI/c1-8-2-4-17(5-3-8)11(14)16-7-10(18)15-6-9(12)13;/h8-9H,2-7H2,1H3,(H2,14,16)(H,15,18);1H. The van der Waals surface area contributed by atoms with Crippen molar-refractivity contribution in [2.24, 2.45) is 16.6 Å². The molecule has 0 spiro atoms. The Hall–Kier alpha value is -0.670. The van der Waals surface area contributed by atoms with Gasteiger partial charge in [-0.05, 0) is 18.8 Å². The Morgan fingerprint density at radius 3 is 2.58 bits per heavy atom. The average molecular weight is 390 g/mol. The molecule has 0 unspecified atom stereocenters. The van der Waals surface area contributed by atoms with Gasteiger partial charge in [-0.2, -0.15) is 0 Å². The van der Waals surface area contributed by atoms with Crippen LogP contribution in [0.1, 0.15) is 19.8 Å². The minimum atomic E-state index is -2.54. The molecule has 1 aliphatic heterocycles. The maximum atomic E-state index is 11.8. The van der Waals surface area contributed by atoms with Crippen LogP contribution in [-0.2, 0) is 4.79 Å². The van der Waals surface area contributed by atoms with Crippen molar-refractivity contribution in [3.63, 3.8) is 0 Å². The Kier molecular flexibility index (Phi) is 8.94. The molecule has 1 fully saturated rings. The number of likely N-dealkylation sites (tertiary alicyclic amines) is 1. The van der Waals surface area contributed by atoms with Crippen LogP contribution in [0.25, 0.3) is 0 Å². The predicted octanol–water partition coefficient (Wildman–Crippen LogP) is 1.03. The summed E-state index contributed by atoms with van der Waals surface area (Å²) in [5.74, 6) is 0.459. The Labute approximate surface area is 129 Å². The Bertz CT molecular complexity index is 307. The van der Waals surface area contributed by atoms with E-state index in [1.165, 1.54) is 0 Å². The molecule has 0 bridgehead atoms. The van der Waals surface area contributed by atoms with Crippen molar-refractivity contribution in [3.8, 4) is 0 Å². The summed E-state index contributed by atoms with van der Waals surface area (Å²) in [7, 11) is 0. The SMILES string of the molecule is CC1CCN(C(N)=NCC(=O)NCC(F)F)CC1.I. The molecule has 0 radical (unpaired) electrons. The molecule has 8 heteroatoms. The Balaban J connectivity index is 0.00000324. The number of amides is 1. The van der Waals surface area contributed by atoms with Gasteiger partial charge in [0.15, 0.2) is 5.96 Å². The molecular weight excluding hydrogens is 369 g/mol. The molecule has 0 saturated carbocycles. The van der Waals surface area contributed by atoms with Crippen molar-refractivity contribution in [1.82, 2.24) is 10.2 Å². The fourth-order valence-corrected chi connectivity index (χ4v) is 1.74. The number of aliphatic imine (C=N–C) groups is 1. The molecule has 0 aromatic carbocycles. The first-order chi connectivity index (χ1) is 8.49. The number of carbonyl (C=O) groups is 1. The summed E-state index contributed by atoms with van der Waals surface area (Å²) in [6.07, 6.45) is -0.444. The molecule has 3 N–H and O–H groups in total. The molecule has 5 nitrogen and oxygen atoms in total. The Morgan fingerprint density at radius 2 is 2.05 bits per heavy atom. The largest absolute Gasteiger partial charge is 0.370 e. The second-order valence-electron chi connectivity index (χ2n) is 4.54. The summed E-state index contributed by atoms with van der Waals surface area (Å²) in [4.78, 5) is 17.0. The lowest BCUT2D eigenvalue weighted by molar-refractivity contribution is -0.120. The lowest BCUT2D eigenvalue weighted by atomic mass is 10.00. The molecule has 1 aliphatic rings. The number of guanidine groups is 1. The van der Waals surface area contributed by atoms with Gasteiger partial charge in [0.1, 0.15) is 6.54 Å². The quantitative estimate of drug-likeness (QED) is 0.428. The zero-order valence-corrected chi connectivity index (χ0v) is 13.3. The summed E-state index contributed by atoms with van der Waals surface area (Å²) < 4.78 is 23.7.